The summed E-state index contributed by atoms with van der Waals surface area (Å²) < 4.78 is 5.19. The van der Waals surface area contributed by atoms with E-state index in [4.69, 9.17) is 4.42 Å². The van der Waals surface area contributed by atoms with Crippen molar-refractivity contribution in [3.05, 3.63) is 29.2 Å². The highest BCUT2D eigenvalue weighted by Crippen LogP contribution is 2.30. The third-order valence-corrected chi connectivity index (χ3v) is 4.55. The van der Waals surface area contributed by atoms with E-state index >= 15 is 0 Å². The Labute approximate surface area is 128 Å². The van der Waals surface area contributed by atoms with Crippen LogP contribution in [-0.4, -0.2) is 22.8 Å². The second-order valence-corrected chi connectivity index (χ2v) is 6.34. The molecule has 2 aromatic rings. The Bertz CT molecular complexity index is 578. The molecule has 0 fully saturated rings. The summed E-state index contributed by atoms with van der Waals surface area (Å²) in [6, 6.07) is 3.43. The number of aromatic nitrogens is 2. The van der Waals surface area contributed by atoms with Gasteiger partial charge in [-0.2, -0.15) is 0 Å². The molecule has 0 saturated heterocycles. The third kappa shape index (κ3) is 4.29. The van der Waals surface area contributed by atoms with Crippen molar-refractivity contribution in [3.63, 3.8) is 0 Å². The number of hydrogen-bond acceptors (Lipinski definition) is 5. The average Bonchev–Trinajstić information content (AvgIpc) is 3.10. The largest absolute Gasteiger partial charge is 0.469 e. The van der Waals surface area contributed by atoms with E-state index in [2.05, 4.69) is 41.6 Å². The topological polar surface area (TPSA) is 80.0 Å². The maximum atomic E-state index is 11.8. The second kappa shape index (κ2) is 6.71. The number of nitrogens with one attached hydrogen (secondary N) is 2. The highest BCUT2D eigenvalue weighted by molar-refractivity contribution is 7.15. The first-order chi connectivity index (χ1) is 10.0. The molecule has 21 heavy (non-hydrogen) atoms. The molecule has 2 amide bonds. The molecule has 2 rings (SSSR count). The lowest BCUT2D eigenvalue weighted by Crippen LogP contribution is -2.30. The molecule has 0 saturated carbocycles. The summed E-state index contributed by atoms with van der Waals surface area (Å²) in [6.45, 7) is 6.84. The van der Waals surface area contributed by atoms with Crippen molar-refractivity contribution in [2.24, 2.45) is 0 Å². The molecule has 0 radical (unpaired) electrons. The van der Waals surface area contributed by atoms with Crippen LogP contribution in [0.5, 0.6) is 0 Å². The van der Waals surface area contributed by atoms with Gasteiger partial charge < -0.3 is 9.73 Å². The maximum absolute atomic E-state index is 11.8. The fourth-order valence-electron chi connectivity index (χ4n) is 1.59. The number of carbonyl (C=O) groups is 1. The van der Waals surface area contributed by atoms with Gasteiger partial charge in [0.2, 0.25) is 5.13 Å². The molecule has 0 unspecified atom stereocenters. The Hall–Kier alpha value is -1.89. The number of urea groups is 1. The monoisotopic (exact) mass is 308 g/mol. The molecular formula is C14H20N4O2S. The molecule has 0 aromatic carbocycles. The maximum Gasteiger partial charge on any atom is 0.321 e. The number of anilines is 1. The summed E-state index contributed by atoms with van der Waals surface area (Å²) in [7, 11) is 0. The summed E-state index contributed by atoms with van der Waals surface area (Å²) in [6.07, 6.45) is 3.25. The predicted octanol–water partition coefficient (Wildman–Crippen LogP) is 3.18. The van der Waals surface area contributed by atoms with Gasteiger partial charge in [0.1, 0.15) is 10.8 Å². The van der Waals surface area contributed by atoms with Crippen LogP contribution in [0.15, 0.2) is 22.8 Å². The summed E-state index contributed by atoms with van der Waals surface area (Å²) in [4.78, 5) is 11.8. The van der Waals surface area contributed by atoms with E-state index in [1.807, 2.05) is 12.1 Å². The average molecular weight is 308 g/mol. The molecule has 6 nitrogen and oxygen atoms in total. The van der Waals surface area contributed by atoms with Crippen molar-refractivity contribution < 1.29 is 9.21 Å². The molecule has 0 bridgehead atoms. The highest BCUT2D eigenvalue weighted by Gasteiger charge is 2.23. The molecule has 7 heteroatoms. The van der Waals surface area contributed by atoms with Crippen LogP contribution in [-0.2, 0) is 11.8 Å². The molecule has 0 atom stereocenters. The van der Waals surface area contributed by atoms with Gasteiger partial charge in [-0.3, -0.25) is 5.32 Å². The minimum atomic E-state index is -0.279. The molecule has 2 N–H and O–H groups in total. The fraction of sp³-hybridized carbons (Fsp3) is 0.500. The van der Waals surface area contributed by atoms with E-state index in [9.17, 15) is 4.79 Å². The Morgan fingerprint density at radius 3 is 2.90 bits per heavy atom. The van der Waals surface area contributed by atoms with Gasteiger partial charge in [-0.1, -0.05) is 32.1 Å². The Balaban J connectivity index is 1.80. The van der Waals surface area contributed by atoms with Crippen LogP contribution in [0, 0.1) is 0 Å². The van der Waals surface area contributed by atoms with Gasteiger partial charge in [-0.15, -0.1) is 10.2 Å². The van der Waals surface area contributed by atoms with Crippen molar-refractivity contribution >= 4 is 22.5 Å². The zero-order valence-corrected chi connectivity index (χ0v) is 13.3. The van der Waals surface area contributed by atoms with E-state index in [1.54, 1.807) is 6.26 Å². The molecule has 0 aliphatic heterocycles. The van der Waals surface area contributed by atoms with Crippen molar-refractivity contribution in [1.82, 2.24) is 15.5 Å². The van der Waals surface area contributed by atoms with E-state index in [-0.39, 0.29) is 11.4 Å². The standard InChI is InChI=1S/C14H20N4O2S/c1-4-14(2,3)11-17-18-13(21-11)16-12(19)15-8-7-10-6-5-9-20-10/h5-6,9H,4,7-8H2,1-3H3,(H2,15,16,18,19). The Kier molecular flexibility index (Phi) is 4.95. The van der Waals surface area contributed by atoms with Crippen LogP contribution in [0.2, 0.25) is 0 Å². The van der Waals surface area contributed by atoms with Crippen LogP contribution < -0.4 is 10.6 Å². The van der Waals surface area contributed by atoms with E-state index in [0.29, 0.717) is 18.1 Å². The first kappa shape index (κ1) is 15.5. The number of nitrogens with zero attached hydrogens (tertiary/aromatic N) is 2. The van der Waals surface area contributed by atoms with Crippen LogP contribution in [0.4, 0.5) is 9.93 Å². The molecule has 0 spiro atoms. The number of rotatable bonds is 6. The van der Waals surface area contributed by atoms with Gasteiger partial charge in [-0.05, 0) is 18.6 Å². The second-order valence-electron chi connectivity index (χ2n) is 5.36. The van der Waals surface area contributed by atoms with Gasteiger partial charge in [0.15, 0.2) is 0 Å². The normalized spacial score (nSPS) is 11.4. The van der Waals surface area contributed by atoms with Crippen LogP contribution in [0.1, 0.15) is 38.0 Å². The van der Waals surface area contributed by atoms with Crippen molar-refractivity contribution in [3.8, 4) is 0 Å². The summed E-state index contributed by atoms with van der Waals surface area (Å²) in [5, 5.41) is 15.1. The minimum Gasteiger partial charge on any atom is -0.469 e. The van der Waals surface area contributed by atoms with Gasteiger partial charge in [-0.25, -0.2) is 4.79 Å². The SMILES string of the molecule is CCC(C)(C)c1nnc(NC(=O)NCCc2ccco2)s1. The lowest BCUT2D eigenvalue weighted by atomic mass is 9.91. The molecule has 2 heterocycles. The lowest BCUT2D eigenvalue weighted by molar-refractivity contribution is 0.252. The van der Waals surface area contributed by atoms with Crippen LogP contribution >= 0.6 is 11.3 Å². The lowest BCUT2D eigenvalue weighted by Gasteiger charge is -2.17. The number of furan rings is 1. The summed E-state index contributed by atoms with van der Waals surface area (Å²) >= 11 is 1.41. The zero-order chi connectivity index (χ0) is 15.3. The molecule has 0 aliphatic carbocycles. The first-order valence-electron chi connectivity index (χ1n) is 6.92. The van der Waals surface area contributed by atoms with Crippen molar-refractivity contribution in [2.75, 3.05) is 11.9 Å². The molecular weight excluding hydrogens is 288 g/mol. The minimum absolute atomic E-state index is 0.0205. The van der Waals surface area contributed by atoms with Crippen molar-refractivity contribution in [2.45, 2.75) is 39.0 Å². The van der Waals surface area contributed by atoms with E-state index < -0.39 is 0 Å². The number of hydrogen-bond donors (Lipinski definition) is 2. The molecule has 0 aliphatic rings. The summed E-state index contributed by atoms with van der Waals surface area (Å²) in [5.41, 5.74) is -0.0205. The van der Waals surface area contributed by atoms with Gasteiger partial charge in [0, 0.05) is 18.4 Å². The molecule has 114 valence electrons. The zero-order valence-electron chi connectivity index (χ0n) is 12.5. The smallest absolute Gasteiger partial charge is 0.321 e. The first-order valence-corrected chi connectivity index (χ1v) is 7.74. The highest BCUT2D eigenvalue weighted by atomic mass is 32.1. The Morgan fingerprint density at radius 2 is 2.24 bits per heavy atom. The van der Waals surface area contributed by atoms with Gasteiger partial charge in [0.25, 0.3) is 0 Å². The third-order valence-electron chi connectivity index (χ3n) is 3.35. The number of amides is 2. The fourth-order valence-corrected chi connectivity index (χ4v) is 2.50. The summed E-state index contributed by atoms with van der Waals surface area (Å²) in [5.74, 6) is 0.846. The van der Waals surface area contributed by atoms with Crippen LogP contribution in [0.25, 0.3) is 0 Å². The molecule has 2 aromatic heterocycles. The van der Waals surface area contributed by atoms with E-state index in [0.717, 1.165) is 17.2 Å². The predicted molar refractivity (Wildman–Crippen MR) is 82.7 cm³/mol. The van der Waals surface area contributed by atoms with E-state index in [1.165, 1.54) is 11.3 Å². The van der Waals surface area contributed by atoms with Gasteiger partial charge in [0.05, 0.1) is 6.26 Å². The number of carbonyl (C=O) groups excluding carboxylic acids is 1. The van der Waals surface area contributed by atoms with Crippen LogP contribution in [0.3, 0.4) is 0 Å². The van der Waals surface area contributed by atoms with Crippen molar-refractivity contribution in [1.29, 1.82) is 0 Å². The van der Waals surface area contributed by atoms with Gasteiger partial charge >= 0.3 is 6.03 Å². The Morgan fingerprint density at radius 1 is 1.43 bits per heavy atom. The quantitative estimate of drug-likeness (QED) is 0.859.